The van der Waals surface area contributed by atoms with Crippen molar-refractivity contribution >= 4 is 34.8 Å². The van der Waals surface area contributed by atoms with Crippen LogP contribution in [0.1, 0.15) is 13.3 Å². The smallest absolute Gasteiger partial charge is 0.325 e. The van der Waals surface area contributed by atoms with E-state index < -0.39 is 12.0 Å². The number of carbonyl (C=O) groups excluding carboxylic acids is 1. The summed E-state index contributed by atoms with van der Waals surface area (Å²) in [5.41, 5.74) is 1.31. The van der Waals surface area contributed by atoms with E-state index in [0.717, 1.165) is 5.52 Å². The lowest BCUT2D eigenvalue weighted by molar-refractivity contribution is -0.141. The van der Waals surface area contributed by atoms with Crippen molar-refractivity contribution in [2.45, 2.75) is 24.4 Å². The Hall–Kier alpha value is -2.16. The Morgan fingerprint density at radius 1 is 1.45 bits per heavy atom. The van der Waals surface area contributed by atoms with Gasteiger partial charge in [0, 0.05) is 12.2 Å². The third-order valence-electron chi connectivity index (χ3n) is 2.50. The Morgan fingerprint density at radius 3 is 3.00 bits per heavy atom. The number of carboxylic acid groups (broad SMARTS) is 1. The lowest BCUT2D eigenvalue weighted by Crippen LogP contribution is -2.38. The number of rotatable bonds is 6. The highest BCUT2D eigenvalue weighted by atomic mass is 32.2. The molecule has 20 heavy (non-hydrogen) atoms. The minimum atomic E-state index is -1.05. The van der Waals surface area contributed by atoms with Crippen molar-refractivity contribution in [2.75, 3.05) is 5.75 Å². The van der Waals surface area contributed by atoms with Gasteiger partial charge >= 0.3 is 5.97 Å². The SMILES string of the molecule is C[C@@H](NC(=O)CCSc1ncnc2nc[nH]c12)C(=O)O. The largest absolute Gasteiger partial charge is 0.480 e. The van der Waals surface area contributed by atoms with Crippen molar-refractivity contribution in [3.63, 3.8) is 0 Å². The first-order chi connectivity index (χ1) is 9.58. The van der Waals surface area contributed by atoms with Gasteiger partial charge in [0.15, 0.2) is 5.65 Å². The van der Waals surface area contributed by atoms with Crippen molar-refractivity contribution in [1.82, 2.24) is 25.3 Å². The average Bonchev–Trinajstić information content (AvgIpc) is 2.87. The van der Waals surface area contributed by atoms with Crippen LogP contribution in [0.4, 0.5) is 0 Å². The topological polar surface area (TPSA) is 121 Å². The summed E-state index contributed by atoms with van der Waals surface area (Å²) in [5, 5.41) is 11.8. The summed E-state index contributed by atoms with van der Waals surface area (Å²) in [5.74, 6) is -0.869. The van der Waals surface area contributed by atoms with Gasteiger partial charge < -0.3 is 15.4 Å². The van der Waals surface area contributed by atoms with E-state index in [1.165, 1.54) is 31.3 Å². The molecule has 0 unspecified atom stereocenters. The Bertz CT molecular complexity index is 629. The van der Waals surface area contributed by atoms with E-state index in [4.69, 9.17) is 5.11 Å². The molecule has 0 fully saturated rings. The van der Waals surface area contributed by atoms with Crippen LogP contribution >= 0.6 is 11.8 Å². The number of amides is 1. The molecule has 0 aliphatic rings. The molecule has 106 valence electrons. The number of hydrogen-bond acceptors (Lipinski definition) is 6. The number of aliphatic carboxylic acids is 1. The zero-order valence-corrected chi connectivity index (χ0v) is 11.5. The van der Waals surface area contributed by atoms with E-state index in [0.29, 0.717) is 16.4 Å². The first-order valence-corrected chi connectivity index (χ1v) is 6.85. The highest BCUT2D eigenvalue weighted by Gasteiger charge is 2.14. The highest BCUT2D eigenvalue weighted by molar-refractivity contribution is 7.99. The fourth-order valence-corrected chi connectivity index (χ4v) is 2.37. The predicted molar refractivity (Wildman–Crippen MR) is 72.3 cm³/mol. The maximum Gasteiger partial charge on any atom is 0.325 e. The molecular weight excluding hydrogens is 282 g/mol. The minimum absolute atomic E-state index is 0.210. The Kier molecular flexibility index (Phi) is 4.51. The molecule has 0 radical (unpaired) electrons. The van der Waals surface area contributed by atoms with Crippen LogP contribution in [0.2, 0.25) is 0 Å². The number of aromatic amines is 1. The second-order valence-corrected chi connectivity index (χ2v) is 5.09. The molecule has 1 amide bonds. The number of fused-ring (bicyclic) bond motifs is 1. The zero-order valence-electron chi connectivity index (χ0n) is 10.7. The summed E-state index contributed by atoms with van der Waals surface area (Å²) in [7, 11) is 0. The van der Waals surface area contributed by atoms with Crippen LogP contribution in [-0.2, 0) is 9.59 Å². The van der Waals surface area contributed by atoms with Crippen molar-refractivity contribution in [1.29, 1.82) is 0 Å². The highest BCUT2D eigenvalue weighted by Crippen LogP contribution is 2.22. The number of nitrogens with one attached hydrogen (secondary N) is 2. The monoisotopic (exact) mass is 295 g/mol. The average molecular weight is 295 g/mol. The van der Waals surface area contributed by atoms with E-state index in [1.54, 1.807) is 0 Å². The van der Waals surface area contributed by atoms with Gasteiger partial charge in [-0.3, -0.25) is 9.59 Å². The summed E-state index contributed by atoms with van der Waals surface area (Å²) in [6.45, 7) is 1.42. The van der Waals surface area contributed by atoms with Crippen LogP contribution in [0.5, 0.6) is 0 Å². The third-order valence-corrected chi connectivity index (χ3v) is 3.50. The number of aromatic nitrogens is 4. The fraction of sp³-hybridized carbons (Fsp3) is 0.364. The Morgan fingerprint density at radius 2 is 2.25 bits per heavy atom. The molecule has 8 nitrogen and oxygen atoms in total. The number of hydrogen-bond donors (Lipinski definition) is 3. The molecule has 9 heteroatoms. The minimum Gasteiger partial charge on any atom is -0.480 e. The summed E-state index contributed by atoms with van der Waals surface area (Å²) < 4.78 is 0. The summed E-state index contributed by atoms with van der Waals surface area (Å²) in [4.78, 5) is 37.2. The molecule has 0 aromatic carbocycles. The van der Waals surface area contributed by atoms with Gasteiger partial charge in [0.25, 0.3) is 0 Å². The first-order valence-electron chi connectivity index (χ1n) is 5.87. The molecule has 0 aliphatic carbocycles. The van der Waals surface area contributed by atoms with Gasteiger partial charge in [-0.05, 0) is 6.92 Å². The number of imidazole rings is 1. The molecule has 0 bridgehead atoms. The van der Waals surface area contributed by atoms with E-state index in [1.807, 2.05) is 0 Å². The van der Waals surface area contributed by atoms with E-state index in [2.05, 4.69) is 25.3 Å². The van der Waals surface area contributed by atoms with Crippen molar-refractivity contribution in [3.05, 3.63) is 12.7 Å². The quantitative estimate of drug-likeness (QED) is 0.521. The Labute approximate surface area is 118 Å². The van der Waals surface area contributed by atoms with Gasteiger partial charge in [0.2, 0.25) is 5.91 Å². The first kappa shape index (κ1) is 14.3. The molecule has 0 spiro atoms. The van der Waals surface area contributed by atoms with Crippen LogP contribution < -0.4 is 5.32 Å². The van der Waals surface area contributed by atoms with Gasteiger partial charge in [-0.15, -0.1) is 11.8 Å². The van der Waals surface area contributed by atoms with Crippen LogP contribution in [0.3, 0.4) is 0 Å². The lowest BCUT2D eigenvalue weighted by Gasteiger charge is -2.08. The molecule has 2 heterocycles. The second kappa shape index (κ2) is 6.33. The molecule has 2 aromatic heterocycles. The molecule has 1 atom stereocenters. The molecule has 0 saturated carbocycles. The predicted octanol–water partition coefficient (Wildman–Crippen LogP) is 0.424. The van der Waals surface area contributed by atoms with E-state index in [9.17, 15) is 9.59 Å². The number of H-pyrrole nitrogens is 1. The van der Waals surface area contributed by atoms with Crippen LogP contribution in [-0.4, -0.2) is 48.7 Å². The molecular formula is C11H13N5O3S. The summed E-state index contributed by atoms with van der Waals surface area (Å²) >= 11 is 1.39. The second-order valence-electron chi connectivity index (χ2n) is 4.01. The lowest BCUT2D eigenvalue weighted by atomic mass is 10.3. The van der Waals surface area contributed by atoms with Crippen LogP contribution in [0.15, 0.2) is 17.7 Å². The van der Waals surface area contributed by atoms with Gasteiger partial charge in [0.05, 0.1) is 6.33 Å². The number of thioether (sulfide) groups is 1. The van der Waals surface area contributed by atoms with Gasteiger partial charge in [-0.2, -0.15) is 0 Å². The number of carbonyl (C=O) groups is 2. The molecule has 0 aliphatic heterocycles. The number of nitrogens with zero attached hydrogens (tertiary/aromatic N) is 3. The van der Waals surface area contributed by atoms with Gasteiger partial charge in [-0.1, -0.05) is 0 Å². The summed E-state index contributed by atoms with van der Waals surface area (Å²) in [6.07, 6.45) is 3.16. The van der Waals surface area contributed by atoms with Crippen LogP contribution in [0, 0.1) is 0 Å². The molecule has 2 rings (SSSR count). The third kappa shape index (κ3) is 3.44. The number of carboxylic acids is 1. The van der Waals surface area contributed by atoms with E-state index in [-0.39, 0.29) is 12.3 Å². The molecule has 0 saturated heterocycles. The zero-order chi connectivity index (χ0) is 14.5. The Balaban J connectivity index is 1.85. The summed E-state index contributed by atoms with van der Waals surface area (Å²) in [6, 6.07) is -0.883. The maximum atomic E-state index is 11.5. The normalized spacial score (nSPS) is 12.2. The van der Waals surface area contributed by atoms with Gasteiger partial charge in [-0.25, -0.2) is 15.0 Å². The molecule has 3 N–H and O–H groups in total. The van der Waals surface area contributed by atoms with E-state index >= 15 is 0 Å². The van der Waals surface area contributed by atoms with Gasteiger partial charge in [0.1, 0.15) is 22.9 Å². The fourth-order valence-electron chi connectivity index (χ4n) is 1.47. The van der Waals surface area contributed by atoms with Crippen molar-refractivity contribution < 1.29 is 14.7 Å². The van der Waals surface area contributed by atoms with Crippen LogP contribution in [0.25, 0.3) is 11.2 Å². The standard InChI is InChI=1S/C11H13N5O3S/c1-6(11(18)19)16-7(17)2-3-20-10-8-9(13-4-12-8)14-5-15-10/h4-6H,2-3H2,1H3,(H,16,17)(H,18,19)(H,12,13,14,15)/t6-/m1/s1. The van der Waals surface area contributed by atoms with Crippen molar-refractivity contribution in [2.24, 2.45) is 0 Å². The van der Waals surface area contributed by atoms with Crippen molar-refractivity contribution in [3.8, 4) is 0 Å². The maximum absolute atomic E-state index is 11.5. The molecule has 2 aromatic rings.